The number of halogens is 3. The number of hydrogen-bond donors (Lipinski definition) is 2. The van der Waals surface area contributed by atoms with E-state index < -0.39 is 29.2 Å². The summed E-state index contributed by atoms with van der Waals surface area (Å²) in [5.41, 5.74) is 8.63. The number of nitrogens with zero attached hydrogens (tertiary/aromatic N) is 3. The van der Waals surface area contributed by atoms with E-state index in [-0.39, 0.29) is 5.16 Å². The van der Waals surface area contributed by atoms with Gasteiger partial charge in [-0.3, -0.25) is 4.79 Å². The number of primary amides is 1. The Hall–Kier alpha value is -2.43. The van der Waals surface area contributed by atoms with E-state index in [1.165, 1.54) is 7.11 Å². The number of thioether (sulfide) groups is 1. The van der Waals surface area contributed by atoms with Gasteiger partial charge in [-0.25, -0.2) is 4.68 Å². The van der Waals surface area contributed by atoms with E-state index >= 15 is 0 Å². The molecular weight excluding hydrogens is 347 g/mol. The Balaban J connectivity index is 2.01. The van der Waals surface area contributed by atoms with Crippen molar-refractivity contribution in [1.29, 1.82) is 0 Å². The number of nitrogens with one attached hydrogen (secondary N) is 1. The summed E-state index contributed by atoms with van der Waals surface area (Å²) in [6, 6.07) is 5.81. The maximum atomic E-state index is 13.0. The quantitative estimate of drug-likeness (QED) is 0.863. The highest BCUT2D eigenvalue weighted by Gasteiger charge is 2.43. The third kappa shape index (κ3) is 2.86. The van der Waals surface area contributed by atoms with Crippen LogP contribution in [-0.2, 0) is 11.0 Å². The lowest BCUT2D eigenvalue weighted by Gasteiger charge is -2.32. The predicted molar refractivity (Wildman–Crippen MR) is 79.0 cm³/mol. The minimum atomic E-state index is -4.68. The fourth-order valence-electron chi connectivity index (χ4n) is 2.32. The number of amides is 1. The number of aromatic nitrogens is 3. The summed E-state index contributed by atoms with van der Waals surface area (Å²) in [7, 11) is 1.50. The number of benzene rings is 1. The normalized spacial score (nSPS) is 20.2. The Bertz CT molecular complexity index is 762. The monoisotopic (exact) mass is 359 g/mol. The zero-order valence-corrected chi connectivity index (χ0v) is 13.1. The fourth-order valence-corrected chi connectivity index (χ4v) is 3.35. The molecule has 2 aromatic rings. The van der Waals surface area contributed by atoms with Crippen molar-refractivity contribution in [1.82, 2.24) is 14.9 Å². The molecule has 0 fully saturated rings. The van der Waals surface area contributed by atoms with Gasteiger partial charge in [0.25, 0.3) is 5.82 Å². The molecule has 0 bridgehead atoms. The van der Waals surface area contributed by atoms with Crippen LogP contribution >= 0.6 is 11.8 Å². The van der Waals surface area contributed by atoms with Crippen LogP contribution in [0.5, 0.6) is 5.75 Å². The SMILES string of the molecule is COc1ccc([C@H]2Nn3c(nnc3C(F)(F)F)S[C@@H]2C(N)=O)cc1. The Kier molecular flexibility index (Phi) is 4.03. The topological polar surface area (TPSA) is 95.1 Å². The van der Waals surface area contributed by atoms with Crippen molar-refractivity contribution < 1.29 is 22.7 Å². The van der Waals surface area contributed by atoms with Crippen LogP contribution in [0.25, 0.3) is 0 Å². The maximum absolute atomic E-state index is 13.0. The summed E-state index contributed by atoms with van der Waals surface area (Å²) in [6.45, 7) is 0. The number of rotatable bonds is 3. The van der Waals surface area contributed by atoms with Gasteiger partial charge >= 0.3 is 6.18 Å². The van der Waals surface area contributed by atoms with Crippen LogP contribution in [0.3, 0.4) is 0 Å². The van der Waals surface area contributed by atoms with Crippen molar-refractivity contribution in [2.45, 2.75) is 22.6 Å². The van der Waals surface area contributed by atoms with Crippen LogP contribution in [-0.4, -0.2) is 33.1 Å². The van der Waals surface area contributed by atoms with Gasteiger partial charge in [0.05, 0.1) is 13.2 Å². The molecule has 1 aliphatic heterocycles. The van der Waals surface area contributed by atoms with Gasteiger partial charge in [-0.05, 0) is 17.7 Å². The molecule has 2 heterocycles. The third-order valence-corrected chi connectivity index (χ3v) is 4.68. The largest absolute Gasteiger partial charge is 0.497 e. The first-order valence-corrected chi connectivity index (χ1v) is 7.58. The van der Waals surface area contributed by atoms with Gasteiger partial charge in [-0.2, -0.15) is 13.2 Å². The zero-order valence-electron chi connectivity index (χ0n) is 12.2. The standard InChI is InChI=1S/C13H12F3N5O2S/c1-23-7-4-2-6(3-5-7)8-9(10(17)22)24-12-19-18-11(13(14,15)16)21(12)20-8/h2-5,8-9,20H,1H3,(H2,17,22)/t8-,9+/m1/s1. The van der Waals surface area contributed by atoms with E-state index in [0.29, 0.717) is 11.3 Å². The molecule has 2 atom stereocenters. The maximum Gasteiger partial charge on any atom is 0.453 e. The minimum absolute atomic E-state index is 0.0733. The first kappa shape index (κ1) is 16.4. The molecule has 1 amide bonds. The van der Waals surface area contributed by atoms with Crippen molar-refractivity contribution in [3.63, 3.8) is 0 Å². The van der Waals surface area contributed by atoms with E-state index in [4.69, 9.17) is 10.5 Å². The van der Waals surface area contributed by atoms with Crippen molar-refractivity contribution >= 4 is 17.7 Å². The number of fused-ring (bicyclic) bond motifs is 1. The molecule has 0 saturated heterocycles. The van der Waals surface area contributed by atoms with Gasteiger partial charge in [0.15, 0.2) is 0 Å². The highest BCUT2D eigenvalue weighted by Crippen LogP contribution is 2.39. The van der Waals surface area contributed by atoms with Gasteiger partial charge in [0.2, 0.25) is 11.1 Å². The summed E-state index contributed by atoms with van der Waals surface area (Å²) in [4.78, 5) is 11.7. The number of ether oxygens (including phenoxy) is 1. The summed E-state index contributed by atoms with van der Waals surface area (Å²) in [5, 5.41) is 5.72. The molecule has 7 nitrogen and oxygen atoms in total. The lowest BCUT2D eigenvalue weighted by Crippen LogP contribution is -2.42. The number of hydrogen-bond acceptors (Lipinski definition) is 6. The molecule has 0 radical (unpaired) electrons. The van der Waals surface area contributed by atoms with E-state index in [1.54, 1.807) is 24.3 Å². The van der Waals surface area contributed by atoms with Gasteiger partial charge < -0.3 is 15.9 Å². The van der Waals surface area contributed by atoms with Crippen molar-refractivity contribution in [3.8, 4) is 5.75 Å². The number of carbonyl (C=O) groups excluding carboxylic acids is 1. The number of carbonyl (C=O) groups is 1. The number of nitrogens with two attached hydrogens (primary N) is 1. The highest BCUT2D eigenvalue weighted by molar-refractivity contribution is 8.00. The average Bonchev–Trinajstić information content (AvgIpc) is 2.96. The van der Waals surface area contributed by atoms with E-state index in [1.807, 2.05) is 0 Å². The molecule has 128 valence electrons. The summed E-state index contributed by atoms with van der Waals surface area (Å²) >= 11 is 0.836. The molecular formula is C13H12F3N5O2S. The second-order valence-electron chi connectivity index (χ2n) is 4.96. The van der Waals surface area contributed by atoms with Crippen molar-refractivity contribution in [3.05, 3.63) is 35.7 Å². The van der Waals surface area contributed by atoms with Crippen molar-refractivity contribution in [2.24, 2.45) is 5.73 Å². The molecule has 3 rings (SSSR count). The number of alkyl halides is 3. The van der Waals surface area contributed by atoms with Gasteiger partial charge in [-0.15, -0.1) is 10.2 Å². The van der Waals surface area contributed by atoms with Crippen LogP contribution in [0.1, 0.15) is 17.4 Å². The molecule has 0 unspecified atom stereocenters. The smallest absolute Gasteiger partial charge is 0.453 e. The van der Waals surface area contributed by atoms with Crippen LogP contribution in [0, 0.1) is 0 Å². The van der Waals surface area contributed by atoms with Gasteiger partial charge in [0.1, 0.15) is 11.0 Å². The number of methoxy groups -OCH3 is 1. The second kappa shape index (κ2) is 5.89. The lowest BCUT2D eigenvalue weighted by atomic mass is 10.0. The first-order valence-electron chi connectivity index (χ1n) is 6.70. The fraction of sp³-hybridized carbons (Fsp3) is 0.308. The van der Waals surface area contributed by atoms with Crippen LogP contribution in [0.15, 0.2) is 29.4 Å². The molecule has 1 aliphatic rings. The van der Waals surface area contributed by atoms with E-state index in [9.17, 15) is 18.0 Å². The summed E-state index contributed by atoms with van der Waals surface area (Å²) in [6.07, 6.45) is -4.68. The zero-order chi connectivity index (χ0) is 17.5. The highest BCUT2D eigenvalue weighted by atomic mass is 32.2. The average molecular weight is 359 g/mol. The Morgan fingerprint density at radius 1 is 1.33 bits per heavy atom. The van der Waals surface area contributed by atoms with E-state index in [2.05, 4.69) is 15.6 Å². The molecule has 11 heteroatoms. The van der Waals surface area contributed by atoms with Crippen LogP contribution in [0.2, 0.25) is 0 Å². The van der Waals surface area contributed by atoms with Crippen LogP contribution < -0.4 is 15.9 Å². The molecule has 0 spiro atoms. The summed E-state index contributed by atoms with van der Waals surface area (Å²) in [5.74, 6) is -1.28. The minimum Gasteiger partial charge on any atom is -0.497 e. The molecule has 1 aromatic heterocycles. The molecule has 1 aromatic carbocycles. The Morgan fingerprint density at radius 2 is 2.00 bits per heavy atom. The van der Waals surface area contributed by atoms with Crippen LogP contribution in [0.4, 0.5) is 13.2 Å². The molecule has 24 heavy (non-hydrogen) atoms. The molecule has 0 saturated carbocycles. The molecule has 0 aliphatic carbocycles. The third-order valence-electron chi connectivity index (χ3n) is 3.45. The van der Waals surface area contributed by atoms with Gasteiger partial charge in [0, 0.05) is 0 Å². The Labute approximate surface area is 138 Å². The van der Waals surface area contributed by atoms with E-state index in [0.717, 1.165) is 16.4 Å². The Morgan fingerprint density at radius 3 is 2.54 bits per heavy atom. The summed E-state index contributed by atoms with van der Waals surface area (Å²) < 4.78 is 44.8. The van der Waals surface area contributed by atoms with Gasteiger partial charge in [-0.1, -0.05) is 23.9 Å². The van der Waals surface area contributed by atoms with Crippen molar-refractivity contribution in [2.75, 3.05) is 12.5 Å². The first-order chi connectivity index (χ1) is 11.3. The predicted octanol–water partition coefficient (Wildman–Crippen LogP) is 1.55. The second-order valence-corrected chi connectivity index (χ2v) is 6.07. The lowest BCUT2D eigenvalue weighted by molar-refractivity contribution is -0.147. The molecule has 3 N–H and O–H groups in total.